The van der Waals surface area contributed by atoms with Gasteiger partial charge < -0.3 is 15.1 Å². The second-order valence-electron chi connectivity index (χ2n) is 6.38. The molecule has 3 rings (SSSR count). The summed E-state index contributed by atoms with van der Waals surface area (Å²) in [5, 5.41) is 2.90. The number of piperazine rings is 1. The number of nitrogens with one attached hydrogen (secondary N) is 1. The van der Waals surface area contributed by atoms with Crippen LogP contribution in [0.15, 0.2) is 48.5 Å². The van der Waals surface area contributed by atoms with E-state index in [2.05, 4.69) is 41.4 Å². The second kappa shape index (κ2) is 7.38. The van der Waals surface area contributed by atoms with E-state index >= 15 is 0 Å². The van der Waals surface area contributed by atoms with Crippen LogP contribution in [0.1, 0.15) is 22.8 Å². The highest BCUT2D eigenvalue weighted by molar-refractivity contribution is 5.95. The van der Waals surface area contributed by atoms with E-state index in [1.807, 2.05) is 4.90 Å². The molecule has 0 atom stereocenters. The lowest BCUT2D eigenvalue weighted by Gasteiger charge is -2.36. The van der Waals surface area contributed by atoms with E-state index < -0.39 is 0 Å². The lowest BCUT2D eigenvalue weighted by molar-refractivity contribution is 0.101. The number of urea groups is 1. The van der Waals surface area contributed by atoms with Gasteiger partial charge in [-0.1, -0.05) is 12.1 Å². The highest BCUT2D eigenvalue weighted by Crippen LogP contribution is 2.18. The van der Waals surface area contributed by atoms with E-state index in [-0.39, 0.29) is 11.8 Å². The zero-order valence-electron chi connectivity index (χ0n) is 14.7. The predicted octanol–water partition coefficient (Wildman–Crippen LogP) is 3.55. The number of hydrogen-bond donors (Lipinski definition) is 1. The second-order valence-corrected chi connectivity index (χ2v) is 6.38. The van der Waals surface area contributed by atoms with E-state index in [1.165, 1.54) is 18.2 Å². The Bertz CT molecular complexity index is 763. The minimum Gasteiger partial charge on any atom is -0.368 e. The molecule has 0 unspecified atom stereocenters. The Kier molecular flexibility index (Phi) is 5.03. The molecule has 0 saturated carbocycles. The first-order valence-corrected chi connectivity index (χ1v) is 8.51. The van der Waals surface area contributed by atoms with Crippen molar-refractivity contribution in [2.24, 2.45) is 0 Å². The average Bonchev–Trinajstić information content (AvgIpc) is 2.62. The first-order valence-electron chi connectivity index (χ1n) is 8.51. The first kappa shape index (κ1) is 17.0. The number of nitrogens with zero attached hydrogens (tertiary/aromatic N) is 2. The van der Waals surface area contributed by atoms with Gasteiger partial charge in [-0.25, -0.2) is 4.79 Å². The molecule has 0 aliphatic carbocycles. The van der Waals surface area contributed by atoms with Crippen molar-refractivity contribution in [1.82, 2.24) is 4.90 Å². The van der Waals surface area contributed by atoms with Crippen LogP contribution in [-0.2, 0) is 0 Å². The zero-order chi connectivity index (χ0) is 17.8. The van der Waals surface area contributed by atoms with E-state index in [0.29, 0.717) is 24.3 Å². The number of amides is 2. The minimum atomic E-state index is -0.0977. The summed E-state index contributed by atoms with van der Waals surface area (Å²) in [5.74, 6) is 0.0187. The maximum Gasteiger partial charge on any atom is 0.321 e. The van der Waals surface area contributed by atoms with Gasteiger partial charge >= 0.3 is 6.03 Å². The Balaban J connectivity index is 1.55. The van der Waals surface area contributed by atoms with Crippen LogP contribution in [0.5, 0.6) is 0 Å². The van der Waals surface area contributed by atoms with Crippen molar-refractivity contribution in [2.75, 3.05) is 36.4 Å². The molecular weight excluding hydrogens is 314 g/mol. The molecule has 0 spiro atoms. The number of hydrogen-bond acceptors (Lipinski definition) is 3. The van der Waals surface area contributed by atoms with Gasteiger partial charge in [0.15, 0.2) is 5.78 Å². The molecule has 1 N–H and O–H groups in total. The molecule has 0 radical (unpaired) electrons. The van der Waals surface area contributed by atoms with Crippen LogP contribution in [0, 0.1) is 6.92 Å². The van der Waals surface area contributed by atoms with Crippen LogP contribution >= 0.6 is 0 Å². The van der Waals surface area contributed by atoms with E-state index in [4.69, 9.17) is 0 Å². The van der Waals surface area contributed by atoms with Crippen LogP contribution in [0.25, 0.3) is 0 Å². The standard InChI is InChI=1S/C20H23N3O2/c1-15-4-3-5-19(14-15)22-10-12-23(13-11-22)20(25)21-18-8-6-17(7-9-18)16(2)24/h3-9,14H,10-13H2,1-2H3,(H,21,25). The summed E-state index contributed by atoms with van der Waals surface area (Å²) < 4.78 is 0. The largest absolute Gasteiger partial charge is 0.368 e. The predicted molar refractivity (Wildman–Crippen MR) is 100 cm³/mol. The zero-order valence-corrected chi connectivity index (χ0v) is 14.7. The van der Waals surface area contributed by atoms with Crippen LogP contribution in [0.2, 0.25) is 0 Å². The molecule has 5 nitrogen and oxygen atoms in total. The van der Waals surface area contributed by atoms with Gasteiger partial charge in [0.1, 0.15) is 0 Å². The molecule has 5 heteroatoms. The van der Waals surface area contributed by atoms with Gasteiger partial charge in [0.2, 0.25) is 0 Å². The van der Waals surface area contributed by atoms with Gasteiger partial charge in [-0.15, -0.1) is 0 Å². The highest BCUT2D eigenvalue weighted by Gasteiger charge is 2.21. The van der Waals surface area contributed by atoms with E-state index in [1.54, 1.807) is 24.3 Å². The molecule has 2 aromatic rings. The van der Waals surface area contributed by atoms with Crippen molar-refractivity contribution >= 4 is 23.2 Å². The number of aryl methyl sites for hydroxylation is 1. The van der Waals surface area contributed by atoms with Crippen molar-refractivity contribution in [3.05, 3.63) is 59.7 Å². The minimum absolute atomic E-state index is 0.0187. The Morgan fingerprint density at radius 1 is 0.960 bits per heavy atom. The molecule has 1 aliphatic heterocycles. The lowest BCUT2D eigenvalue weighted by Crippen LogP contribution is -2.50. The van der Waals surface area contributed by atoms with Gasteiger partial charge in [-0.2, -0.15) is 0 Å². The lowest BCUT2D eigenvalue weighted by atomic mass is 10.1. The molecule has 0 aromatic heterocycles. The molecule has 1 fully saturated rings. The van der Waals surface area contributed by atoms with E-state index in [9.17, 15) is 9.59 Å². The Labute approximate surface area is 148 Å². The summed E-state index contributed by atoms with van der Waals surface area (Å²) in [7, 11) is 0. The number of ketones is 1. The number of carbonyl (C=O) groups excluding carboxylic acids is 2. The number of Topliss-reactive ketones (excluding diaryl/α,β-unsaturated/α-hetero) is 1. The highest BCUT2D eigenvalue weighted by atomic mass is 16.2. The number of rotatable bonds is 3. The van der Waals surface area contributed by atoms with Crippen LogP contribution < -0.4 is 10.2 Å². The normalized spacial score (nSPS) is 14.3. The van der Waals surface area contributed by atoms with Gasteiger partial charge in [-0.3, -0.25) is 4.79 Å². The number of benzene rings is 2. The maximum absolute atomic E-state index is 12.4. The van der Waals surface area contributed by atoms with Crippen LogP contribution in [0.3, 0.4) is 0 Å². The van der Waals surface area contributed by atoms with Gasteiger partial charge in [0, 0.05) is 43.1 Å². The summed E-state index contributed by atoms with van der Waals surface area (Å²) in [6.07, 6.45) is 0. The third-order valence-corrected chi connectivity index (χ3v) is 4.48. The average molecular weight is 337 g/mol. The Morgan fingerprint density at radius 3 is 2.24 bits per heavy atom. The Hall–Kier alpha value is -2.82. The molecule has 0 bridgehead atoms. The van der Waals surface area contributed by atoms with Crippen molar-refractivity contribution in [3.63, 3.8) is 0 Å². The monoisotopic (exact) mass is 337 g/mol. The molecule has 2 amide bonds. The van der Waals surface area contributed by atoms with Crippen LogP contribution in [-0.4, -0.2) is 42.9 Å². The van der Waals surface area contributed by atoms with Crippen molar-refractivity contribution in [2.45, 2.75) is 13.8 Å². The Morgan fingerprint density at radius 2 is 1.64 bits per heavy atom. The molecule has 1 heterocycles. The van der Waals surface area contributed by atoms with Crippen molar-refractivity contribution in [3.8, 4) is 0 Å². The summed E-state index contributed by atoms with van der Waals surface area (Å²) in [4.78, 5) is 27.8. The maximum atomic E-state index is 12.4. The smallest absolute Gasteiger partial charge is 0.321 e. The summed E-state index contributed by atoms with van der Waals surface area (Å²) >= 11 is 0. The first-order chi connectivity index (χ1) is 12.0. The molecule has 2 aromatic carbocycles. The van der Waals surface area contributed by atoms with Gasteiger partial charge in [0.25, 0.3) is 0 Å². The fourth-order valence-corrected chi connectivity index (χ4v) is 2.98. The fraction of sp³-hybridized carbons (Fsp3) is 0.300. The third kappa shape index (κ3) is 4.18. The molecule has 1 saturated heterocycles. The molecule has 1 aliphatic rings. The van der Waals surface area contributed by atoms with E-state index in [0.717, 1.165) is 13.1 Å². The van der Waals surface area contributed by atoms with Crippen molar-refractivity contribution < 1.29 is 9.59 Å². The number of anilines is 2. The molecule has 130 valence electrons. The summed E-state index contributed by atoms with van der Waals surface area (Å²) in [6.45, 7) is 6.63. The SMILES string of the molecule is CC(=O)c1ccc(NC(=O)N2CCN(c3cccc(C)c3)CC2)cc1. The molecule has 25 heavy (non-hydrogen) atoms. The van der Waals surface area contributed by atoms with Crippen molar-refractivity contribution in [1.29, 1.82) is 0 Å². The van der Waals surface area contributed by atoms with Gasteiger partial charge in [0.05, 0.1) is 0 Å². The van der Waals surface area contributed by atoms with Crippen LogP contribution in [0.4, 0.5) is 16.2 Å². The summed E-state index contributed by atoms with van der Waals surface area (Å²) in [6, 6.07) is 15.3. The third-order valence-electron chi connectivity index (χ3n) is 4.48. The molecular formula is C20H23N3O2. The van der Waals surface area contributed by atoms with Gasteiger partial charge in [-0.05, 0) is 55.8 Å². The quantitative estimate of drug-likeness (QED) is 0.872. The topological polar surface area (TPSA) is 52.7 Å². The fourth-order valence-electron chi connectivity index (χ4n) is 2.98. The number of carbonyl (C=O) groups is 2. The summed E-state index contributed by atoms with van der Waals surface area (Å²) in [5.41, 5.74) is 3.80.